The first-order valence-corrected chi connectivity index (χ1v) is 7.54. The van der Waals surface area contributed by atoms with Crippen molar-refractivity contribution in [3.8, 4) is 17.6 Å². The van der Waals surface area contributed by atoms with E-state index >= 15 is 0 Å². The molecule has 0 aliphatic heterocycles. The Hall–Kier alpha value is -3.13. The second-order valence-electron chi connectivity index (χ2n) is 5.25. The van der Waals surface area contributed by atoms with Crippen LogP contribution in [0.5, 0.6) is 5.75 Å². The average molecular weight is 323 g/mol. The van der Waals surface area contributed by atoms with Gasteiger partial charge in [0, 0.05) is 25.3 Å². The topological polar surface area (TPSA) is 53.6 Å². The summed E-state index contributed by atoms with van der Waals surface area (Å²) in [5, 5.41) is 5.45. The smallest absolute Gasteiger partial charge is 0.319 e. The van der Waals surface area contributed by atoms with Gasteiger partial charge < -0.3 is 20.3 Å². The number of hydrogen-bond acceptors (Lipinski definition) is 3. The predicted molar refractivity (Wildman–Crippen MR) is 97.7 cm³/mol. The molecule has 0 fully saturated rings. The molecule has 124 valence electrons. The van der Waals surface area contributed by atoms with Gasteiger partial charge in [-0.2, -0.15) is 0 Å². The zero-order chi connectivity index (χ0) is 17.4. The molecular formula is C19H21N3O2. The fourth-order valence-electron chi connectivity index (χ4n) is 2.08. The van der Waals surface area contributed by atoms with Crippen LogP contribution in [-0.4, -0.2) is 33.8 Å². The van der Waals surface area contributed by atoms with E-state index in [4.69, 9.17) is 4.74 Å². The van der Waals surface area contributed by atoms with Gasteiger partial charge in [-0.05, 0) is 36.4 Å². The monoisotopic (exact) mass is 323 g/mol. The minimum Gasteiger partial charge on any atom is -0.497 e. The molecule has 0 aliphatic carbocycles. The molecule has 0 radical (unpaired) electrons. The van der Waals surface area contributed by atoms with Crippen molar-refractivity contribution in [2.75, 3.05) is 38.0 Å². The Labute approximate surface area is 142 Å². The summed E-state index contributed by atoms with van der Waals surface area (Å²) in [7, 11) is 5.55. The minimum absolute atomic E-state index is 0.268. The Balaban J connectivity index is 1.87. The van der Waals surface area contributed by atoms with E-state index in [2.05, 4.69) is 22.5 Å². The first kappa shape index (κ1) is 17.2. The van der Waals surface area contributed by atoms with Crippen molar-refractivity contribution >= 4 is 17.4 Å². The minimum atomic E-state index is -0.296. The zero-order valence-corrected chi connectivity index (χ0v) is 14.1. The molecular weight excluding hydrogens is 302 g/mol. The third kappa shape index (κ3) is 4.96. The lowest BCUT2D eigenvalue weighted by Gasteiger charge is -2.13. The number of carbonyl (C=O) groups excluding carboxylic acids is 1. The molecule has 2 N–H and O–H groups in total. The Kier molecular flexibility index (Phi) is 6.09. The Bertz CT molecular complexity index is 743. The average Bonchev–Trinajstić information content (AvgIpc) is 2.59. The number of ether oxygens (including phenoxy) is 1. The number of hydrogen-bond donors (Lipinski definition) is 2. The van der Waals surface area contributed by atoms with Crippen LogP contribution < -0.4 is 20.3 Å². The second-order valence-corrected chi connectivity index (χ2v) is 5.25. The number of rotatable bonds is 4. The summed E-state index contributed by atoms with van der Waals surface area (Å²) in [6, 6.07) is 14.7. The number of nitrogens with one attached hydrogen (secondary N) is 2. The van der Waals surface area contributed by atoms with Gasteiger partial charge in [0.1, 0.15) is 5.75 Å². The maximum absolute atomic E-state index is 11.8. The Morgan fingerprint density at radius 2 is 1.83 bits per heavy atom. The van der Waals surface area contributed by atoms with Crippen LogP contribution in [0.2, 0.25) is 0 Å². The maximum Gasteiger partial charge on any atom is 0.319 e. The van der Waals surface area contributed by atoms with Crippen LogP contribution in [0, 0.1) is 11.8 Å². The molecule has 5 heteroatoms. The summed E-state index contributed by atoms with van der Waals surface area (Å²) in [6.07, 6.45) is 0. The molecule has 0 saturated carbocycles. The van der Waals surface area contributed by atoms with Crippen LogP contribution in [-0.2, 0) is 0 Å². The van der Waals surface area contributed by atoms with Crippen LogP contribution in [0.25, 0.3) is 0 Å². The van der Waals surface area contributed by atoms with Crippen LogP contribution in [0.1, 0.15) is 5.56 Å². The van der Waals surface area contributed by atoms with Crippen molar-refractivity contribution < 1.29 is 9.53 Å². The number of nitrogens with zero attached hydrogens (tertiary/aromatic N) is 1. The van der Waals surface area contributed by atoms with Crippen LogP contribution in [0.3, 0.4) is 0 Å². The van der Waals surface area contributed by atoms with E-state index in [-0.39, 0.29) is 12.6 Å². The fourth-order valence-corrected chi connectivity index (χ4v) is 2.08. The highest BCUT2D eigenvalue weighted by molar-refractivity contribution is 5.89. The van der Waals surface area contributed by atoms with Gasteiger partial charge in [-0.1, -0.05) is 24.0 Å². The van der Waals surface area contributed by atoms with E-state index in [1.54, 1.807) is 31.4 Å². The SMILES string of the molecule is COc1ccc(NC(=O)NCC#Cc2ccccc2N(C)C)cc1. The van der Waals surface area contributed by atoms with E-state index in [0.717, 1.165) is 17.0 Å². The van der Waals surface area contributed by atoms with Gasteiger partial charge in [0.2, 0.25) is 0 Å². The number of anilines is 2. The number of methoxy groups -OCH3 is 1. The highest BCUT2D eigenvalue weighted by Gasteiger charge is 2.01. The second kappa shape index (κ2) is 8.49. The molecule has 0 heterocycles. The lowest BCUT2D eigenvalue weighted by atomic mass is 10.1. The van der Waals surface area contributed by atoms with E-state index in [9.17, 15) is 4.79 Å². The highest BCUT2D eigenvalue weighted by Crippen LogP contribution is 2.16. The molecule has 0 aliphatic rings. The van der Waals surface area contributed by atoms with E-state index in [1.807, 2.05) is 43.3 Å². The maximum atomic E-state index is 11.8. The summed E-state index contributed by atoms with van der Waals surface area (Å²) < 4.78 is 5.07. The number of amides is 2. The number of urea groups is 1. The van der Waals surface area contributed by atoms with Crippen molar-refractivity contribution in [2.45, 2.75) is 0 Å². The Morgan fingerprint density at radius 1 is 1.12 bits per heavy atom. The molecule has 0 unspecified atom stereocenters. The van der Waals surface area contributed by atoms with Crippen molar-refractivity contribution in [3.05, 3.63) is 54.1 Å². The number of benzene rings is 2. The molecule has 2 amide bonds. The van der Waals surface area contributed by atoms with E-state index < -0.39 is 0 Å². The summed E-state index contributed by atoms with van der Waals surface area (Å²) in [4.78, 5) is 13.8. The standard InChI is InChI=1S/C19H21N3O2/c1-22(2)18-9-5-4-7-15(18)8-6-14-20-19(23)21-16-10-12-17(24-3)13-11-16/h4-5,7,9-13H,14H2,1-3H3,(H2,20,21,23). The molecule has 24 heavy (non-hydrogen) atoms. The predicted octanol–water partition coefficient (Wildman–Crippen LogP) is 2.93. The van der Waals surface area contributed by atoms with Crippen molar-refractivity contribution in [1.29, 1.82) is 0 Å². The number of carbonyl (C=O) groups is 1. The zero-order valence-electron chi connectivity index (χ0n) is 14.1. The normalized spacial score (nSPS) is 9.46. The van der Waals surface area contributed by atoms with Gasteiger partial charge in [0.25, 0.3) is 0 Å². The first-order chi connectivity index (χ1) is 11.6. The molecule has 0 aromatic heterocycles. The van der Waals surface area contributed by atoms with Crippen LogP contribution >= 0.6 is 0 Å². The Morgan fingerprint density at radius 3 is 2.50 bits per heavy atom. The number of para-hydroxylation sites is 1. The fraction of sp³-hybridized carbons (Fsp3) is 0.211. The third-order valence-corrected chi connectivity index (χ3v) is 3.29. The first-order valence-electron chi connectivity index (χ1n) is 7.54. The summed E-state index contributed by atoms with van der Waals surface area (Å²) in [6.45, 7) is 0.268. The van der Waals surface area contributed by atoms with Gasteiger partial charge in [-0.25, -0.2) is 4.79 Å². The molecule has 0 bridgehead atoms. The molecule has 2 aromatic rings. The van der Waals surface area contributed by atoms with Gasteiger partial charge in [0.05, 0.1) is 19.3 Å². The van der Waals surface area contributed by atoms with Crippen LogP contribution in [0.15, 0.2) is 48.5 Å². The highest BCUT2D eigenvalue weighted by atomic mass is 16.5. The largest absolute Gasteiger partial charge is 0.497 e. The third-order valence-electron chi connectivity index (χ3n) is 3.29. The van der Waals surface area contributed by atoms with Crippen LogP contribution in [0.4, 0.5) is 16.2 Å². The van der Waals surface area contributed by atoms with Crippen molar-refractivity contribution in [1.82, 2.24) is 5.32 Å². The van der Waals surface area contributed by atoms with Crippen molar-refractivity contribution in [3.63, 3.8) is 0 Å². The molecule has 5 nitrogen and oxygen atoms in total. The summed E-state index contributed by atoms with van der Waals surface area (Å²) in [5.41, 5.74) is 2.67. The summed E-state index contributed by atoms with van der Waals surface area (Å²) in [5.74, 6) is 6.78. The van der Waals surface area contributed by atoms with Gasteiger partial charge in [-0.3, -0.25) is 0 Å². The van der Waals surface area contributed by atoms with Crippen molar-refractivity contribution in [2.24, 2.45) is 0 Å². The molecule has 0 atom stereocenters. The van der Waals surface area contributed by atoms with Gasteiger partial charge in [0.15, 0.2) is 0 Å². The van der Waals surface area contributed by atoms with E-state index in [1.165, 1.54) is 0 Å². The summed E-state index contributed by atoms with van der Waals surface area (Å²) >= 11 is 0. The molecule has 0 spiro atoms. The molecule has 2 aromatic carbocycles. The quantitative estimate of drug-likeness (QED) is 0.851. The lowest BCUT2D eigenvalue weighted by Crippen LogP contribution is -2.28. The van der Waals surface area contributed by atoms with Gasteiger partial charge in [-0.15, -0.1) is 0 Å². The molecule has 2 rings (SSSR count). The van der Waals surface area contributed by atoms with Gasteiger partial charge >= 0.3 is 6.03 Å². The lowest BCUT2D eigenvalue weighted by molar-refractivity contribution is 0.253. The van der Waals surface area contributed by atoms with E-state index in [0.29, 0.717) is 5.69 Å². The molecule has 0 saturated heterocycles.